The number of phenols is 1. The van der Waals surface area contributed by atoms with Gasteiger partial charge in [-0.3, -0.25) is 19.6 Å². The fourth-order valence-electron chi connectivity index (χ4n) is 7.02. The first-order chi connectivity index (χ1) is 29.7. The van der Waals surface area contributed by atoms with Gasteiger partial charge in [0.1, 0.15) is 34.4 Å². The molecule has 1 aromatic heterocycles. The van der Waals surface area contributed by atoms with Gasteiger partial charge in [-0.25, -0.2) is 13.4 Å². The molecule has 0 saturated carbocycles. The third-order valence-electron chi connectivity index (χ3n) is 10.7. The molecule has 2 unspecified atom stereocenters. The van der Waals surface area contributed by atoms with Crippen molar-refractivity contribution in [3.63, 3.8) is 0 Å². The van der Waals surface area contributed by atoms with E-state index in [-0.39, 0.29) is 22.1 Å². The molecule has 3 N–H and O–H groups in total. The van der Waals surface area contributed by atoms with Gasteiger partial charge in [0.05, 0.1) is 26.1 Å². The predicted octanol–water partition coefficient (Wildman–Crippen LogP) is 11.6. The summed E-state index contributed by atoms with van der Waals surface area (Å²) in [5.74, 6) is 1.72. The predicted molar refractivity (Wildman–Crippen MR) is 242 cm³/mol. The maximum Gasteiger partial charge on any atom is 0.416 e. The van der Waals surface area contributed by atoms with Crippen molar-refractivity contribution in [2.45, 2.75) is 85.0 Å². The number of fused-ring (bicyclic) bond motifs is 2. The number of carbonyl (C=O) groups excluding carboxylic acids is 2. The molecule has 2 amide bonds. The number of carbonyl (C=O) groups is 2. The summed E-state index contributed by atoms with van der Waals surface area (Å²) in [5.41, 5.74) is 5.29. The summed E-state index contributed by atoms with van der Waals surface area (Å²) in [6, 6.07) is 22.5. The normalized spacial score (nSPS) is 17.4. The van der Waals surface area contributed by atoms with Crippen LogP contribution in [0.15, 0.2) is 99.1 Å². The van der Waals surface area contributed by atoms with Crippen molar-refractivity contribution < 1.29 is 45.8 Å². The third-order valence-corrected chi connectivity index (χ3v) is 15.8. The Bertz CT molecular complexity index is 2820. The first-order valence-corrected chi connectivity index (χ1v) is 23.8. The smallest absolute Gasteiger partial charge is 0.416 e. The summed E-state index contributed by atoms with van der Waals surface area (Å²) in [5, 5.41) is 11.5. The fraction of sp³-hybridized carbons (Fsp3) is 0.267. The van der Waals surface area contributed by atoms with Gasteiger partial charge in [0, 0.05) is 16.1 Å². The molecule has 0 bridgehead atoms. The van der Waals surface area contributed by atoms with Gasteiger partial charge < -0.3 is 14.6 Å². The number of aromatic nitrogens is 1. The second-order valence-corrected chi connectivity index (χ2v) is 20.9. The number of benzene rings is 5. The van der Waals surface area contributed by atoms with Gasteiger partial charge in [0.15, 0.2) is 4.34 Å². The summed E-state index contributed by atoms with van der Waals surface area (Å²) in [7, 11) is -4.18. The van der Waals surface area contributed by atoms with Crippen LogP contribution in [0.1, 0.15) is 52.3 Å². The highest BCUT2D eigenvalue weighted by molar-refractivity contribution is 8.15. The van der Waals surface area contributed by atoms with Crippen molar-refractivity contribution in [1.29, 1.82) is 0 Å². The van der Waals surface area contributed by atoms with Crippen molar-refractivity contribution in [3.05, 3.63) is 129 Å². The maximum absolute atomic E-state index is 12.8. The van der Waals surface area contributed by atoms with Crippen LogP contribution in [0.25, 0.3) is 10.2 Å². The minimum absolute atomic E-state index is 0.230. The van der Waals surface area contributed by atoms with Crippen molar-refractivity contribution in [2.75, 3.05) is 11.3 Å². The van der Waals surface area contributed by atoms with Crippen LogP contribution in [-0.4, -0.2) is 47.1 Å². The SMILES string of the molecule is Cc1c(C)c2c(c(C)c1O)CCC(C)(COc1ccc(CC3SC(=O)NC3=O)cc1)O2.Cc1cc(NS(=O)(=O)c2ccc(C(F)(F)F)cc2Cl)ccc1Sc1nc2ccccc2s1. The molecule has 2 aliphatic rings. The molecule has 63 heavy (non-hydrogen) atoms. The zero-order chi connectivity index (χ0) is 45.4. The van der Waals surface area contributed by atoms with Crippen molar-refractivity contribution >= 4 is 83.5 Å². The largest absolute Gasteiger partial charge is 0.507 e. The van der Waals surface area contributed by atoms with Crippen LogP contribution >= 0.6 is 46.5 Å². The van der Waals surface area contributed by atoms with Gasteiger partial charge in [-0.15, -0.1) is 11.3 Å². The molecule has 6 aromatic rings. The number of hydrogen-bond donors (Lipinski definition) is 3. The number of thioether (sulfide) groups is 1. The molecule has 1 saturated heterocycles. The number of ether oxygens (including phenoxy) is 2. The van der Waals surface area contributed by atoms with E-state index < -0.39 is 37.3 Å². The number of rotatable bonds is 10. The summed E-state index contributed by atoms with van der Waals surface area (Å²) in [6.45, 7) is 10.1. The van der Waals surface area contributed by atoms with Crippen LogP contribution < -0.4 is 19.5 Å². The molecular formula is C45H41ClF3N3O7S4. The van der Waals surface area contributed by atoms with E-state index in [1.807, 2.05) is 83.1 Å². The second kappa shape index (κ2) is 18.3. The Kier molecular flexibility index (Phi) is 13.4. The van der Waals surface area contributed by atoms with E-state index in [9.17, 15) is 36.3 Å². The van der Waals surface area contributed by atoms with E-state index in [2.05, 4.69) is 15.0 Å². The van der Waals surface area contributed by atoms with Crippen LogP contribution in [0.5, 0.6) is 17.2 Å². The number of nitrogens with zero attached hydrogens (tertiary/aromatic N) is 1. The maximum atomic E-state index is 12.8. The van der Waals surface area contributed by atoms with E-state index in [4.69, 9.17) is 21.1 Å². The molecule has 0 spiro atoms. The van der Waals surface area contributed by atoms with Crippen molar-refractivity contribution in [1.82, 2.24) is 10.3 Å². The number of thiazole rings is 1. The number of halogens is 4. The zero-order valence-electron chi connectivity index (χ0n) is 34.5. The van der Waals surface area contributed by atoms with E-state index >= 15 is 0 Å². The summed E-state index contributed by atoms with van der Waals surface area (Å²) in [4.78, 5) is 28.1. The molecular weight excluding hydrogens is 915 g/mol. The Morgan fingerprint density at radius 1 is 1.00 bits per heavy atom. The van der Waals surface area contributed by atoms with E-state index in [1.54, 1.807) is 29.5 Å². The number of anilines is 1. The number of amides is 2. The monoisotopic (exact) mass is 955 g/mol. The van der Waals surface area contributed by atoms with E-state index in [0.29, 0.717) is 30.9 Å². The molecule has 3 heterocycles. The summed E-state index contributed by atoms with van der Waals surface area (Å²) < 4.78 is 80.5. The lowest BCUT2D eigenvalue weighted by molar-refractivity contribution is -0.137. The minimum atomic E-state index is -4.62. The van der Waals surface area contributed by atoms with Crippen LogP contribution in [0.4, 0.5) is 23.7 Å². The Labute approximate surface area is 380 Å². The Hall–Kier alpha value is -4.94. The summed E-state index contributed by atoms with van der Waals surface area (Å²) >= 11 is 9.91. The second-order valence-electron chi connectivity index (χ2n) is 15.4. The Morgan fingerprint density at radius 3 is 2.38 bits per heavy atom. The van der Waals surface area contributed by atoms with Crippen LogP contribution in [0, 0.1) is 27.7 Å². The lowest BCUT2D eigenvalue weighted by atomic mass is 9.87. The number of sulfonamides is 1. The van der Waals surface area contributed by atoms with Crippen molar-refractivity contribution in [2.24, 2.45) is 0 Å². The number of hydrogen-bond acceptors (Lipinski definition) is 11. The molecule has 330 valence electrons. The topological polar surface area (TPSA) is 144 Å². The van der Waals surface area contributed by atoms with Gasteiger partial charge in [-0.2, -0.15) is 13.2 Å². The Balaban J connectivity index is 0.000000189. The zero-order valence-corrected chi connectivity index (χ0v) is 38.5. The molecule has 2 aliphatic heterocycles. The number of aryl methyl sites for hydroxylation is 1. The lowest BCUT2D eigenvalue weighted by Crippen LogP contribution is -2.42. The van der Waals surface area contributed by atoms with Gasteiger partial charge in [-0.1, -0.05) is 59.4 Å². The van der Waals surface area contributed by atoms with Gasteiger partial charge in [-0.05, 0) is 142 Å². The van der Waals surface area contributed by atoms with Crippen molar-refractivity contribution in [3.8, 4) is 17.2 Å². The first kappa shape index (κ1) is 46.1. The number of para-hydroxylation sites is 1. The average molecular weight is 957 g/mol. The standard InChI is InChI=1S/C24H27NO5S.C21H14ClF3N2O2S3/c1-13-14(2)21-18(15(3)20(13)26)9-10-24(4,30-21)12-29-17-7-5-16(6-8-17)11-19-22(27)25-23(28)31-19;1-12-10-14(7-8-17(12)30-20-26-16-4-2-3-5-18(16)31-20)27-32(28,29)19-9-6-13(11-15(19)22)21(23,24)25/h5-8,19,26H,9-12H2,1-4H3,(H,25,27,28);2-11,27H,1H3. The summed E-state index contributed by atoms with van der Waals surface area (Å²) in [6.07, 6.45) is -2.49. The molecule has 18 heteroatoms. The number of imide groups is 1. The highest BCUT2D eigenvalue weighted by Crippen LogP contribution is 2.44. The molecule has 0 radical (unpaired) electrons. The molecule has 5 aromatic carbocycles. The first-order valence-electron chi connectivity index (χ1n) is 19.5. The van der Waals surface area contributed by atoms with Gasteiger partial charge in [0.2, 0.25) is 5.91 Å². The third kappa shape index (κ3) is 10.5. The van der Waals surface area contributed by atoms with E-state index in [1.165, 1.54) is 11.8 Å². The van der Waals surface area contributed by atoms with Crippen LogP contribution in [0.2, 0.25) is 5.02 Å². The highest BCUT2D eigenvalue weighted by Gasteiger charge is 2.36. The lowest BCUT2D eigenvalue weighted by Gasteiger charge is -2.37. The molecule has 0 aliphatic carbocycles. The number of aromatic hydroxyl groups is 1. The average Bonchev–Trinajstić information content (AvgIpc) is 3.79. The molecule has 8 rings (SSSR count). The molecule has 2 atom stereocenters. The minimum Gasteiger partial charge on any atom is -0.507 e. The van der Waals surface area contributed by atoms with Gasteiger partial charge in [0.25, 0.3) is 15.3 Å². The fourth-order valence-corrected chi connectivity index (χ4v) is 11.6. The highest BCUT2D eigenvalue weighted by atomic mass is 35.5. The van der Waals surface area contributed by atoms with Crippen LogP contribution in [-0.2, 0) is 33.8 Å². The molecule has 1 fully saturated rings. The quantitative estimate of drug-likeness (QED) is 0.121. The number of nitrogens with one attached hydrogen (secondary N) is 2. The number of phenolic OH excluding ortho intramolecular Hbond substituents is 1. The number of alkyl halides is 3. The Morgan fingerprint density at radius 2 is 1.73 bits per heavy atom. The van der Waals surface area contributed by atoms with Crippen LogP contribution in [0.3, 0.4) is 0 Å². The van der Waals surface area contributed by atoms with E-state index in [0.717, 1.165) is 95.0 Å². The van der Waals surface area contributed by atoms with Gasteiger partial charge >= 0.3 is 6.18 Å². The molecule has 10 nitrogen and oxygen atoms in total.